The second kappa shape index (κ2) is 7.70. The molecule has 1 unspecified atom stereocenters. The van der Waals surface area contributed by atoms with Crippen LogP contribution < -0.4 is 29.6 Å². The Kier molecular flexibility index (Phi) is 5.47. The van der Waals surface area contributed by atoms with Crippen molar-refractivity contribution in [2.45, 2.75) is 5.37 Å². The van der Waals surface area contributed by atoms with Crippen LogP contribution in [0.25, 0.3) is 0 Å². The number of benzene rings is 2. The third-order valence-electron chi connectivity index (χ3n) is 4.63. The highest BCUT2D eigenvalue weighted by Gasteiger charge is 2.46. The molecule has 2 aromatic carbocycles. The summed E-state index contributed by atoms with van der Waals surface area (Å²) < 4.78 is 46.7. The van der Waals surface area contributed by atoms with Gasteiger partial charge in [-0.05, 0) is 17.7 Å². The van der Waals surface area contributed by atoms with E-state index in [9.17, 15) is 13.2 Å². The van der Waals surface area contributed by atoms with E-state index < -0.39 is 26.9 Å². The monoisotopic (exact) mass is 422 g/mol. The number of nitrogens with two attached hydrogens (primary N) is 1. The number of methoxy groups -OCH3 is 4. The second-order valence-electron chi connectivity index (χ2n) is 6.31. The van der Waals surface area contributed by atoms with E-state index in [0.29, 0.717) is 34.2 Å². The number of nitrogens with zero attached hydrogens (tertiary/aromatic N) is 1. The summed E-state index contributed by atoms with van der Waals surface area (Å²) in [5.41, 5.74) is 6.87. The summed E-state index contributed by atoms with van der Waals surface area (Å²) in [6, 6.07) is 7.68. The van der Waals surface area contributed by atoms with Crippen LogP contribution in [0.2, 0.25) is 0 Å². The van der Waals surface area contributed by atoms with Crippen LogP contribution in [-0.4, -0.2) is 48.5 Å². The fraction of sp³-hybridized carbons (Fsp3) is 0.316. The standard InChI is InChI=1S/C19H22N2O7S/c1-25-14-6-5-11(7-13(14)20)19-21(17(22)10-29(19,23)24)12-8-15(26-2)18(28-4)16(9-12)27-3/h5-9,19H,10,20H2,1-4H3. The van der Waals surface area contributed by atoms with Crippen LogP contribution in [0.4, 0.5) is 11.4 Å². The maximum atomic E-state index is 12.8. The smallest absolute Gasteiger partial charge is 0.243 e. The van der Waals surface area contributed by atoms with E-state index >= 15 is 0 Å². The van der Waals surface area contributed by atoms with E-state index in [0.717, 1.165) is 0 Å². The van der Waals surface area contributed by atoms with E-state index in [-0.39, 0.29) is 5.69 Å². The molecular weight excluding hydrogens is 400 g/mol. The van der Waals surface area contributed by atoms with Gasteiger partial charge >= 0.3 is 0 Å². The predicted molar refractivity (Wildman–Crippen MR) is 108 cm³/mol. The Hall–Kier alpha value is -3.14. The molecule has 10 heteroatoms. The number of amides is 1. The Morgan fingerprint density at radius 2 is 1.52 bits per heavy atom. The summed E-state index contributed by atoms with van der Waals surface area (Å²) in [6.45, 7) is 0. The van der Waals surface area contributed by atoms with Gasteiger partial charge in [0.05, 0.1) is 39.8 Å². The van der Waals surface area contributed by atoms with E-state index in [1.165, 1.54) is 51.5 Å². The van der Waals surface area contributed by atoms with Gasteiger partial charge in [-0.25, -0.2) is 8.42 Å². The van der Waals surface area contributed by atoms with Crippen molar-refractivity contribution < 1.29 is 32.2 Å². The minimum Gasteiger partial charge on any atom is -0.495 e. The Morgan fingerprint density at radius 1 is 0.931 bits per heavy atom. The second-order valence-corrected chi connectivity index (χ2v) is 8.37. The molecule has 1 aliphatic heterocycles. The molecule has 156 valence electrons. The first-order valence-electron chi connectivity index (χ1n) is 8.54. The lowest BCUT2D eigenvalue weighted by Gasteiger charge is -2.26. The summed E-state index contributed by atoms with van der Waals surface area (Å²) in [4.78, 5) is 13.9. The zero-order chi connectivity index (χ0) is 21.3. The molecule has 1 aliphatic rings. The minimum absolute atomic E-state index is 0.268. The van der Waals surface area contributed by atoms with Crippen molar-refractivity contribution in [2.24, 2.45) is 0 Å². The highest BCUT2D eigenvalue weighted by atomic mass is 32.2. The number of hydrogen-bond donors (Lipinski definition) is 1. The lowest BCUT2D eigenvalue weighted by molar-refractivity contribution is -0.115. The van der Waals surface area contributed by atoms with E-state index in [2.05, 4.69) is 0 Å². The zero-order valence-electron chi connectivity index (χ0n) is 16.5. The van der Waals surface area contributed by atoms with Crippen LogP contribution >= 0.6 is 0 Å². The van der Waals surface area contributed by atoms with Crippen molar-refractivity contribution in [3.05, 3.63) is 35.9 Å². The summed E-state index contributed by atoms with van der Waals surface area (Å²) >= 11 is 0. The third-order valence-corrected chi connectivity index (χ3v) is 6.45. The number of carbonyl (C=O) groups is 1. The third kappa shape index (κ3) is 3.51. The average molecular weight is 422 g/mol. The zero-order valence-corrected chi connectivity index (χ0v) is 17.3. The topological polar surface area (TPSA) is 117 Å². The van der Waals surface area contributed by atoms with Gasteiger partial charge in [0.1, 0.15) is 11.5 Å². The number of nitrogen functional groups attached to an aromatic ring is 1. The highest BCUT2D eigenvalue weighted by molar-refractivity contribution is 7.93. The highest BCUT2D eigenvalue weighted by Crippen LogP contribution is 2.45. The van der Waals surface area contributed by atoms with Crippen molar-refractivity contribution in [1.82, 2.24) is 0 Å². The molecule has 1 fully saturated rings. The fourth-order valence-electron chi connectivity index (χ4n) is 3.36. The summed E-state index contributed by atoms with van der Waals surface area (Å²) in [5, 5.41) is -1.24. The Labute approximate surface area is 168 Å². The molecule has 3 rings (SSSR count). The lowest BCUT2D eigenvalue weighted by Crippen LogP contribution is -2.29. The minimum atomic E-state index is -3.81. The van der Waals surface area contributed by atoms with E-state index in [1.807, 2.05) is 0 Å². The molecule has 0 bridgehead atoms. The first-order chi connectivity index (χ1) is 13.8. The molecule has 0 aromatic heterocycles. The van der Waals surface area contributed by atoms with Crippen molar-refractivity contribution in [1.29, 1.82) is 0 Å². The molecule has 1 saturated heterocycles. The summed E-state index contributed by atoms with van der Waals surface area (Å²) in [6.07, 6.45) is 0. The molecule has 9 nitrogen and oxygen atoms in total. The summed E-state index contributed by atoms with van der Waals surface area (Å²) in [5.74, 6) is 0.145. The SMILES string of the molecule is COc1ccc(C2N(c3cc(OC)c(OC)c(OC)c3)C(=O)CS2(=O)=O)cc1N. The van der Waals surface area contributed by atoms with Crippen LogP contribution in [-0.2, 0) is 14.6 Å². The van der Waals surface area contributed by atoms with Crippen LogP contribution in [0.3, 0.4) is 0 Å². The predicted octanol–water partition coefficient (Wildman–Crippen LogP) is 1.76. The van der Waals surface area contributed by atoms with Crippen molar-refractivity contribution in [3.8, 4) is 23.0 Å². The molecule has 1 amide bonds. The first kappa shape index (κ1) is 20.6. The summed E-state index contributed by atoms with van der Waals surface area (Å²) in [7, 11) is 1.98. The van der Waals surface area contributed by atoms with E-state index in [4.69, 9.17) is 24.7 Å². The van der Waals surface area contributed by atoms with Gasteiger partial charge in [0.2, 0.25) is 11.7 Å². The maximum absolute atomic E-state index is 12.8. The molecule has 2 N–H and O–H groups in total. The molecule has 0 spiro atoms. The van der Waals surface area contributed by atoms with Gasteiger partial charge in [-0.3, -0.25) is 9.69 Å². The van der Waals surface area contributed by atoms with Crippen molar-refractivity contribution >= 4 is 27.1 Å². The quantitative estimate of drug-likeness (QED) is 0.700. The fourth-order valence-corrected chi connectivity index (χ4v) is 5.12. The van der Waals surface area contributed by atoms with Crippen molar-refractivity contribution in [2.75, 3.05) is 44.8 Å². The van der Waals surface area contributed by atoms with Crippen LogP contribution in [0, 0.1) is 0 Å². The largest absolute Gasteiger partial charge is 0.495 e. The number of anilines is 2. The number of hydrogen-bond acceptors (Lipinski definition) is 8. The molecule has 1 heterocycles. The first-order valence-corrected chi connectivity index (χ1v) is 10.3. The van der Waals surface area contributed by atoms with Gasteiger partial charge in [0, 0.05) is 12.1 Å². The van der Waals surface area contributed by atoms with Gasteiger partial charge < -0.3 is 24.7 Å². The van der Waals surface area contributed by atoms with Gasteiger partial charge in [0.15, 0.2) is 26.7 Å². The number of carbonyl (C=O) groups excluding carboxylic acids is 1. The Bertz CT molecular complexity index is 1030. The number of rotatable bonds is 6. The van der Waals surface area contributed by atoms with E-state index in [1.54, 1.807) is 12.1 Å². The molecule has 1 atom stereocenters. The Balaban J connectivity index is 2.19. The lowest BCUT2D eigenvalue weighted by atomic mass is 10.1. The number of sulfone groups is 1. The van der Waals surface area contributed by atoms with Crippen LogP contribution in [0.1, 0.15) is 10.9 Å². The maximum Gasteiger partial charge on any atom is 0.243 e. The van der Waals surface area contributed by atoms with Gasteiger partial charge in [-0.2, -0.15) is 0 Å². The van der Waals surface area contributed by atoms with Crippen LogP contribution in [0.15, 0.2) is 30.3 Å². The molecule has 29 heavy (non-hydrogen) atoms. The van der Waals surface area contributed by atoms with Gasteiger partial charge in [0.25, 0.3) is 0 Å². The molecular formula is C19H22N2O7S. The molecule has 0 aliphatic carbocycles. The van der Waals surface area contributed by atoms with Crippen LogP contribution in [0.5, 0.6) is 23.0 Å². The van der Waals surface area contributed by atoms with Crippen molar-refractivity contribution in [3.63, 3.8) is 0 Å². The number of ether oxygens (including phenoxy) is 4. The van der Waals surface area contributed by atoms with Gasteiger partial charge in [-0.1, -0.05) is 6.07 Å². The average Bonchev–Trinajstić information content (AvgIpc) is 2.94. The molecule has 0 saturated carbocycles. The molecule has 0 radical (unpaired) electrons. The molecule has 2 aromatic rings. The van der Waals surface area contributed by atoms with Gasteiger partial charge in [-0.15, -0.1) is 0 Å². The Morgan fingerprint density at radius 3 is 2.00 bits per heavy atom. The normalized spacial score (nSPS) is 17.9.